The van der Waals surface area contributed by atoms with E-state index in [0.717, 1.165) is 12.8 Å². The molecule has 0 radical (unpaired) electrons. The maximum Gasteiger partial charge on any atom is 0.227 e. The molecular weight excluding hydrogens is 326 g/mol. The Morgan fingerprint density at radius 1 is 1.27 bits per heavy atom. The molecule has 0 aliphatic heterocycles. The van der Waals surface area contributed by atoms with Gasteiger partial charge in [0.05, 0.1) is 11.2 Å². The normalized spacial score (nSPS) is 15.8. The van der Waals surface area contributed by atoms with E-state index in [-0.39, 0.29) is 37.2 Å². The van der Waals surface area contributed by atoms with Crippen LogP contribution >= 0.6 is 12.4 Å². The van der Waals surface area contributed by atoms with Gasteiger partial charge in [-0.1, -0.05) is 20.3 Å². The third-order valence-electron chi connectivity index (χ3n) is 4.70. The van der Waals surface area contributed by atoms with E-state index in [1.54, 1.807) is 0 Å². The predicted octanol–water partition coefficient (Wildman–Crippen LogP) is 1.01. The van der Waals surface area contributed by atoms with Gasteiger partial charge in [0.25, 0.3) is 0 Å². The number of nitrogens with one attached hydrogen (secondary N) is 2. The Hall–Kier alpha value is -0.370. The largest absolute Gasteiger partial charge is 0.355 e. The zero-order chi connectivity index (χ0) is 15.9. The molecule has 0 atom stereocenters. The van der Waals surface area contributed by atoms with E-state index in [9.17, 15) is 13.2 Å². The van der Waals surface area contributed by atoms with Gasteiger partial charge in [0.1, 0.15) is 0 Å². The Labute approximate surface area is 140 Å². The second kappa shape index (κ2) is 9.70. The predicted molar refractivity (Wildman–Crippen MR) is 91.5 cm³/mol. The van der Waals surface area contributed by atoms with Crippen LogP contribution < -0.4 is 15.8 Å². The van der Waals surface area contributed by atoms with Crippen LogP contribution in [0, 0.1) is 11.3 Å². The van der Waals surface area contributed by atoms with Gasteiger partial charge in [-0.15, -0.1) is 12.4 Å². The summed E-state index contributed by atoms with van der Waals surface area (Å²) in [6, 6.07) is 0. The van der Waals surface area contributed by atoms with Gasteiger partial charge in [-0.25, -0.2) is 13.1 Å². The molecular formula is C14H30ClN3O3S. The number of hydrogen-bond donors (Lipinski definition) is 3. The van der Waals surface area contributed by atoms with Crippen molar-refractivity contribution in [1.82, 2.24) is 10.0 Å². The molecule has 0 spiro atoms. The van der Waals surface area contributed by atoms with Crippen molar-refractivity contribution in [2.24, 2.45) is 17.1 Å². The summed E-state index contributed by atoms with van der Waals surface area (Å²) in [6.07, 6.45) is 4.70. The molecule has 1 fully saturated rings. The number of carbonyl (C=O) groups excluding carboxylic acids is 1. The summed E-state index contributed by atoms with van der Waals surface area (Å²) in [4.78, 5) is 12.2. The van der Waals surface area contributed by atoms with Crippen LogP contribution in [0.3, 0.4) is 0 Å². The number of halogens is 1. The van der Waals surface area contributed by atoms with Crippen LogP contribution in [-0.4, -0.2) is 39.7 Å². The maximum atomic E-state index is 12.2. The zero-order valence-electron chi connectivity index (χ0n) is 13.6. The Morgan fingerprint density at radius 3 is 2.27 bits per heavy atom. The molecule has 8 heteroatoms. The van der Waals surface area contributed by atoms with Crippen LogP contribution in [0.2, 0.25) is 0 Å². The van der Waals surface area contributed by atoms with Crippen molar-refractivity contribution >= 4 is 28.3 Å². The minimum atomic E-state index is -3.31. The van der Waals surface area contributed by atoms with Gasteiger partial charge in [0, 0.05) is 19.6 Å². The van der Waals surface area contributed by atoms with Crippen LogP contribution in [-0.2, 0) is 14.8 Å². The van der Waals surface area contributed by atoms with Gasteiger partial charge in [-0.3, -0.25) is 4.79 Å². The third kappa shape index (κ3) is 6.02. The second-order valence-corrected chi connectivity index (χ2v) is 7.84. The fraction of sp³-hybridized carbons (Fsp3) is 0.929. The minimum Gasteiger partial charge on any atom is -0.355 e. The monoisotopic (exact) mass is 355 g/mol. The number of sulfonamides is 1. The lowest BCUT2D eigenvalue weighted by molar-refractivity contribution is -0.130. The van der Waals surface area contributed by atoms with E-state index in [0.29, 0.717) is 25.3 Å². The van der Waals surface area contributed by atoms with Gasteiger partial charge in [-0.05, 0) is 31.6 Å². The quantitative estimate of drug-likeness (QED) is 0.544. The molecule has 1 saturated carbocycles. The lowest BCUT2D eigenvalue weighted by Gasteiger charge is -2.28. The summed E-state index contributed by atoms with van der Waals surface area (Å²) >= 11 is 0. The first kappa shape index (κ1) is 21.6. The Bertz CT molecular complexity index is 426. The summed E-state index contributed by atoms with van der Waals surface area (Å²) in [7, 11) is -3.31. The molecule has 1 amide bonds. The van der Waals surface area contributed by atoms with E-state index in [1.165, 1.54) is 6.42 Å². The molecule has 0 aromatic carbocycles. The molecule has 0 aromatic rings. The fourth-order valence-corrected chi connectivity index (χ4v) is 3.46. The molecule has 22 heavy (non-hydrogen) atoms. The average Bonchev–Trinajstić information content (AvgIpc) is 2.39. The molecule has 1 aliphatic carbocycles. The van der Waals surface area contributed by atoms with Crippen LogP contribution in [0.5, 0.6) is 0 Å². The summed E-state index contributed by atoms with van der Waals surface area (Å²) < 4.78 is 26.3. The summed E-state index contributed by atoms with van der Waals surface area (Å²) in [5, 5.41) is 2.71. The number of amides is 1. The van der Waals surface area contributed by atoms with Crippen molar-refractivity contribution in [1.29, 1.82) is 0 Å². The summed E-state index contributed by atoms with van der Waals surface area (Å²) in [6.45, 7) is 4.77. The number of hydrogen-bond acceptors (Lipinski definition) is 4. The molecule has 1 rings (SSSR count). The molecule has 0 bridgehead atoms. The first-order valence-corrected chi connectivity index (χ1v) is 9.50. The molecule has 6 nitrogen and oxygen atoms in total. The van der Waals surface area contributed by atoms with Crippen molar-refractivity contribution in [2.75, 3.05) is 25.4 Å². The number of nitrogens with two attached hydrogens (primary N) is 1. The average molecular weight is 356 g/mol. The SMILES string of the molecule is CCC(CC)(CN)C(=O)NCCS(=O)(=O)NCC1CCC1.Cl. The standard InChI is InChI=1S/C14H29N3O3S.ClH/c1-3-14(4-2,11-15)13(18)16-8-9-21(19,20)17-10-12-6-5-7-12;/h12,17H,3-11,15H2,1-2H3,(H,16,18);1H. The van der Waals surface area contributed by atoms with E-state index in [4.69, 9.17) is 5.73 Å². The third-order valence-corrected chi connectivity index (χ3v) is 6.05. The van der Waals surface area contributed by atoms with Crippen LogP contribution in [0.1, 0.15) is 46.0 Å². The lowest BCUT2D eigenvalue weighted by atomic mass is 9.81. The highest BCUT2D eigenvalue weighted by molar-refractivity contribution is 7.89. The van der Waals surface area contributed by atoms with Gasteiger partial charge >= 0.3 is 0 Å². The van der Waals surface area contributed by atoms with Gasteiger partial charge in [-0.2, -0.15) is 0 Å². The smallest absolute Gasteiger partial charge is 0.227 e. The highest BCUT2D eigenvalue weighted by Gasteiger charge is 2.33. The summed E-state index contributed by atoms with van der Waals surface area (Å²) in [5.41, 5.74) is 5.12. The number of rotatable bonds is 10. The van der Waals surface area contributed by atoms with Crippen LogP contribution in [0.4, 0.5) is 0 Å². The molecule has 0 aromatic heterocycles. The van der Waals surface area contributed by atoms with Gasteiger partial charge in [0.2, 0.25) is 15.9 Å². The van der Waals surface area contributed by atoms with E-state index >= 15 is 0 Å². The Kier molecular flexibility index (Phi) is 9.54. The second-order valence-electron chi connectivity index (χ2n) is 5.91. The first-order chi connectivity index (χ1) is 9.89. The molecule has 132 valence electrons. The molecule has 0 heterocycles. The van der Waals surface area contributed by atoms with Crippen molar-refractivity contribution < 1.29 is 13.2 Å². The topological polar surface area (TPSA) is 101 Å². The van der Waals surface area contributed by atoms with Crippen molar-refractivity contribution in [2.45, 2.75) is 46.0 Å². The summed E-state index contributed by atoms with van der Waals surface area (Å²) in [5.74, 6) is 0.253. The molecule has 0 unspecified atom stereocenters. The van der Waals surface area contributed by atoms with Gasteiger partial charge < -0.3 is 11.1 Å². The highest BCUT2D eigenvalue weighted by Crippen LogP contribution is 2.25. The minimum absolute atomic E-state index is 0. The Morgan fingerprint density at radius 2 is 1.86 bits per heavy atom. The van der Waals surface area contributed by atoms with Crippen molar-refractivity contribution in [3.63, 3.8) is 0 Å². The lowest BCUT2D eigenvalue weighted by Crippen LogP contribution is -2.47. The molecule has 4 N–H and O–H groups in total. The molecule has 1 aliphatic rings. The van der Waals surface area contributed by atoms with Gasteiger partial charge in [0.15, 0.2) is 0 Å². The highest BCUT2D eigenvalue weighted by atomic mass is 35.5. The van der Waals surface area contributed by atoms with E-state index in [1.807, 2.05) is 13.8 Å². The Balaban J connectivity index is 0.00000441. The van der Waals surface area contributed by atoms with E-state index < -0.39 is 15.4 Å². The number of carbonyl (C=O) groups is 1. The fourth-order valence-electron chi connectivity index (χ4n) is 2.45. The van der Waals surface area contributed by atoms with Crippen molar-refractivity contribution in [3.05, 3.63) is 0 Å². The zero-order valence-corrected chi connectivity index (χ0v) is 15.2. The van der Waals surface area contributed by atoms with Crippen molar-refractivity contribution in [3.8, 4) is 0 Å². The molecule has 0 saturated heterocycles. The van der Waals surface area contributed by atoms with Crippen LogP contribution in [0.15, 0.2) is 0 Å². The maximum absolute atomic E-state index is 12.2. The van der Waals surface area contributed by atoms with Crippen LogP contribution in [0.25, 0.3) is 0 Å². The first-order valence-electron chi connectivity index (χ1n) is 7.85. The van der Waals surface area contributed by atoms with E-state index in [2.05, 4.69) is 10.0 Å².